The molecule has 32 heavy (non-hydrogen) atoms. The number of aromatic nitrogens is 3. The molecule has 0 bridgehead atoms. The minimum absolute atomic E-state index is 0.0360. The number of nitriles is 1. The molecule has 162 valence electrons. The van der Waals surface area contributed by atoms with Gasteiger partial charge in [0.05, 0.1) is 11.7 Å². The zero-order chi connectivity index (χ0) is 21.7. The molecule has 4 heterocycles. The Morgan fingerprint density at radius 3 is 2.84 bits per heavy atom. The molecule has 8 heteroatoms. The standard InChI is InChI=1S/C24H24N6O2/c25-12-17-10-21(22(13-26-17)32-20-6-7-29(14-20)18-3-4-18)16-5-8-30-19(9-16)11-23(28-30)27-24(31)15-1-2-15/h5,8-11,13,15,18,20H,1-4,6-7,14H2,(H,27,28,31)/t20-/m0/s1. The molecule has 1 atom stereocenters. The Balaban J connectivity index is 1.28. The summed E-state index contributed by atoms with van der Waals surface area (Å²) < 4.78 is 8.12. The molecule has 3 aromatic heterocycles. The Kier molecular flexibility index (Phi) is 4.58. The van der Waals surface area contributed by atoms with Crippen molar-refractivity contribution < 1.29 is 9.53 Å². The topological polar surface area (TPSA) is 95.5 Å². The Bertz CT molecular complexity index is 1240. The summed E-state index contributed by atoms with van der Waals surface area (Å²) in [6.07, 6.45) is 9.15. The van der Waals surface area contributed by atoms with E-state index in [1.165, 1.54) is 12.8 Å². The van der Waals surface area contributed by atoms with Gasteiger partial charge in [-0.2, -0.15) is 10.4 Å². The van der Waals surface area contributed by atoms with Crippen molar-refractivity contribution in [3.05, 3.63) is 42.4 Å². The summed E-state index contributed by atoms with van der Waals surface area (Å²) in [6, 6.07) is 10.4. The number of carbonyl (C=O) groups is 1. The lowest BCUT2D eigenvalue weighted by Crippen LogP contribution is -2.26. The first-order valence-electron chi connectivity index (χ1n) is 11.3. The molecule has 6 rings (SSSR count). The monoisotopic (exact) mass is 428 g/mol. The van der Waals surface area contributed by atoms with Gasteiger partial charge in [0.25, 0.3) is 0 Å². The second-order valence-electron chi connectivity index (χ2n) is 9.01. The maximum Gasteiger partial charge on any atom is 0.228 e. The lowest BCUT2D eigenvalue weighted by Gasteiger charge is -2.18. The SMILES string of the molecule is N#Cc1cc(-c2ccn3nc(NC(=O)C4CC4)cc3c2)c(O[C@H]2CCN(C3CC3)C2)cn1. The van der Waals surface area contributed by atoms with Gasteiger partial charge in [-0.1, -0.05) is 0 Å². The van der Waals surface area contributed by atoms with E-state index in [2.05, 4.69) is 26.4 Å². The number of hydrogen-bond acceptors (Lipinski definition) is 6. The van der Waals surface area contributed by atoms with Crippen LogP contribution in [0.4, 0.5) is 5.82 Å². The summed E-state index contributed by atoms with van der Waals surface area (Å²) in [4.78, 5) is 18.8. The molecule has 3 aromatic rings. The largest absolute Gasteiger partial charge is 0.487 e. The molecule has 3 aliphatic rings. The van der Waals surface area contributed by atoms with E-state index in [4.69, 9.17) is 4.74 Å². The summed E-state index contributed by atoms with van der Waals surface area (Å²) in [6.45, 7) is 2.02. The van der Waals surface area contributed by atoms with E-state index < -0.39 is 0 Å². The summed E-state index contributed by atoms with van der Waals surface area (Å²) in [5, 5.41) is 16.7. The molecule has 0 radical (unpaired) electrons. The molecular formula is C24H24N6O2. The Morgan fingerprint density at radius 2 is 2.06 bits per heavy atom. The van der Waals surface area contributed by atoms with Gasteiger partial charge in [0.2, 0.25) is 5.91 Å². The highest BCUT2D eigenvalue weighted by atomic mass is 16.5. The fourth-order valence-electron chi connectivity index (χ4n) is 4.42. The predicted octanol–water partition coefficient (Wildman–Crippen LogP) is 3.23. The van der Waals surface area contributed by atoms with Crippen molar-refractivity contribution in [1.82, 2.24) is 19.5 Å². The highest BCUT2D eigenvalue weighted by molar-refractivity contribution is 5.93. The van der Waals surface area contributed by atoms with Gasteiger partial charge in [-0.25, -0.2) is 9.50 Å². The van der Waals surface area contributed by atoms with Gasteiger partial charge in [0.1, 0.15) is 23.6 Å². The molecule has 8 nitrogen and oxygen atoms in total. The highest BCUT2D eigenvalue weighted by Gasteiger charge is 2.35. The lowest BCUT2D eigenvalue weighted by molar-refractivity contribution is -0.117. The van der Waals surface area contributed by atoms with Crippen LogP contribution >= 0.6 is 0 Å². The summed E-state index contributed by atoms with van der Waals surface area (Å²) in [5.41, 5.74) is 2.97. The van der Waals surface area contributed by atoms with Gasteiger partial charge in [-0.3, -0.25) is 9.69 Å². The second-order valence-corrected chi connectivity index (χ2v) is 9.01. The van der Waals surface area contributed by atoms with Gasteiger partial charge >= 0.3 is 0 Å². The number of carbonyl (C=O) groups excluding carboxylic acids is 1. The molecule has 0 unspecified atom stereocenters. The molecule has 0 spiro atoms. The van der Waals surface area contributed by atoms with Crippen LogP contribution in [0.2, 0.25) is 0 Å². The van der Waals surface area contributed by atoms with Gasteiger partial charge in [0.15, 0.2) is 5.82 Å². The number of anilines is 1. The summed E-state index contributed by atoms with van der Waals surface area (Å²) >= 11 is 0. The third-order valence-electron chi connectivity index (χ3n) is 6.49. The molecule has 1 amide bonds. The van der Waals surface area contributed by atoms with Crippen LogP contribution in [-0.2, 0) is 4.79 Å². The number of rotatable bonds is 6. The number of likely N-dealkylation sites (tertiary alicyclic amines) is 1. The fourth-order valence-corrected chi connectivity index (χ4v) is 4.42. The first-order chi connectivity index (χ1) is 15.7. The van der Waals surface area contributed by atoms with Crippen molar-refractivity contribution in [1.29, 1.82) is 5.26 Å². The Labute approximate surface area is 185 Å². The molecule has 3 fully saturated rings. The lowest BCUT2D eigenvalue weighted by atomic mass is 10.1. The number of hydrogen-bond donors (Lipinski definition) is 1. The molecule has 1 saturated heterocycles. The number of ether oxygens (including phenoxy) is 1. The van der Waals surface area contributed by atoms with Crippen LogP contribution < -0.4 is 10.1 Å². The van der Waals surface area contributed by atoms with Crippen molar-refractivity contribution in [2.75, 3.05) is 18.4 Å². The van der Waals surface area contributed by atoms with E-state index >= 15 is 0 Å². The van der Waals surface area contributed by atoms with E-state index in [1.54, 1.807) is 16.8 Å². The maximum absolute atomic E-state index is 12.1. The first kappa shape index (κ1) is 19.3. The van der Waals surface area contributed by atoms with Crippen molar-refractivity contribution >= 4 is 17.2 Å². The Hall–Kier alpha value is -3.44. The number of fused-ring (bicyclic) bond motifs is 1. The second kappa shape index (κ2) is 7.61. The molecule has 1 N–H and O–H groups in total. The molecule has 0 aromatic carbocycles. The Morgan fingerprint density at radius 1 is 1.19 bits per heavy atom. The smallest absolute Gasteiger partial charge is 0.228 e. The fraction of sp³-hybridized carbons (Fsp3) is 0.417. The normalized spacial score (nSPS) is 20.9. The minimum atomic E-state index is 0.0360. The third kappa shape index (κ3) is 3.80. The van der Waals surface area contributed by atoms with Crippen LogP contribution in [-0.4, -0.2) is 50.6 Å². The van der Waals surface area contributed by atoms with Crippen LogP contribution in [0, 0.1) is 17.2 Å². The van der Waals surface area contributed by atoms with Gasteiger partial charge in [-0.15, -0.1) is 0 Å². The van der Waals surface area contributed by atoms with Gasteiger partial charge in [-0.05, 0) is 55.9 Å². The highest BCUT2D eigenvalue weighted by Crippen LogP contribution is 2.35. The van der Waals surface area contributed by atoms with Gasteiger partial charge in [0, 0.05) is 42.9 Å². The van der Waals surface area contributed by atoms with Crippen molar-refractivity contribution in [2.24, 2.45) is 5.92 Å². The van der Waals surface area contributed by atoms with E-state index in [0.29, 0.717) is 17.3 Å². The number of pyridine rings is 2. The number of nitrogens with zero attached hydrogens (tertiary/aromatic N) is 5. The number of nitrogens with one attached hydrogen (secondary N) is 1. The van der Waals surface area contributed by atoms with Crippen molar-refractivity contribution in [3.8, 4) is 22.9 Å². The van der Waals surface area contributed by atoms with Crippen molar-refractivity contribution in [2.45, 2.75) is 44.2 Å². The zero-order valence-electron chi connectivity index (χ0n) is 17.7. The quantitative estimate of drug-likeness (QED) is 0.648. The average Bonchev–Trinajstić information content (AvgIpc) is 3.74. The van der Waals surface area contributed by atoms with Gasteiger partial charge < -0.3 is 10.1 Å². The molecule has 2 saturated carbocycles. The van der Waals surface area contributed by atoms with E-state index in [1.807, 2.05) is 24.4 Å². The summed E-state index contributed by atoms with van der Waals surface area (Å²) in [5.74, 6) is 1.41. The molecular weight excluding hydrogens is 404 g/mol. The van der Waals surface area contributed by atoms with Crippen LogP contribution in [0.5, 0.6) is 5.75 Å². The number of amides is 1. The maximum atomic E-state index is 12.1. The van der Waals surface area contributed by atoms with E-state index in [9.17, 15) is 10.1 Å². The van der Waals surface area contributed by atoms with Crippen LogP contribution in [0.3, 0.4) is 0 Å². The van der Waals surface area contributed by atoms with Crippen LogP contribution in [0.15, 0.2) is 36.7 Å². The first-order valence-corrected chi connectivity index (χ1v) is 11.3. The van der Waals surface area contributed by atoms with E-state index in [0.717, 1.165) is 55.0 Å². The summed E-state index contributed by atoms with van der Waals surface area (Å²) in [7, 11) is 0. The minimum Gasteiger partial charge on any atom is -0.487 e. The average molecular weight is 428 g/mol. The van der Waals surface area contributed by atoms with Crippen molar-refractivity contribution in [3.63, 3.8) is 0 Å². The van der Waals surface area contributed by atoms with E-state index in [-0.39, 0.29) is 17.9 Å². The third-order valence-corrected chi connectivity index (χ3v) is 6.49. The molecule has 1 aliphatic heterocycles. The van der Waals surface area contributed by atoms with Crippen LogP contribution in [0.25, 0.3) is 16.6 Å². The van der Waals surface area contributed by atoms with Crippen LogP contribution in [0.1, 0.15) is 37.8 Å². The molecule has 2 aliphatic carbocycles. The zero-order valence-corrected chi connectivity index (χ0v) is 17.7. The predicted molar refractivity (Wildman–Crippen MR) is 118 cm³/mol.